The molecule has 0 radical (unpaired) electrons. The van der Waals surface area contributed by atoms with E-state index in [0.717, 1.165) is 0 Å². The van der Waals surface area contributed by atoms with Crippen molar-refractivity contribution in [2.75, 3.05) is 32.7 Å². The van der Waals surface area contributed by atoms with Crippen LogP contribution >= 0.6 is 0 Å². The number of amidine groups is 1. The van der Waals surface area contributed by atoms with Crippen LogP contribution in [-0.2, 0) is 17.1 Å². The number of nitrogens with one attached hydrogen (secondary N) is 1. The van der Waals surface area contributed by atoms with E-state index >= 15 is 0 Å². The molecule has 0 atom stereocenters. The molecule has 0 saturated carbocycles. The third-order valence-electron chi connectivity index (χ3n) is 3.77. The van der Waals surface area contributed by atoms with Crippen LogP contribution in [0.3, 0.4) is 0 Å². The first-order valence-corrected chi connectivity index (χ1v) is 8.23. The van der Waals surface area contributed by atoms with Crippen molar-refractivity contribution in [3.8, 4) is 0 Å². The van der Waals surface area contributed by atoms with Crippen molar-refractivity contribution >= 4 is 15.9 Å². The number of sulfonamides is 1. The lowest BCUT2D eigenvalue weighted by atomic mass is 10.3. The Balaban J connectivity index is 2.17. The third kappa shape index (κ3) is 3.09. The summed E-state index contributed by atoms with van der Waals surface area (Å²) in [7, 11) is -1.77. The van der Waals surface area contributed by atoms with E-state index in [-0.39, 0.29) is 5.84 Å². The van der Waals surface area contributed by atoms with Crippen LogP contribution in [0.25, 0.3) is 0 Å². The van der Waals surface area contributed by atoms with E-state index in [1.54, 1.807) is 25.6 Å². The van der Waals surface area contributed by atoms with E-state index in [9.17, 15) is 8.42 Å². The van der Waals surface area contributed by atoms with Crippen LogP contribution in [0.4, 0.5) is 0 Å². The van der Waals surface area contributed by atoms with Gasteiger partial charge in [0.2, 0.25) is 10.0 Å². The highest BCUT2D eigenvalue weighted by Crippen LogP contribution is 2.23. The lowest BCUT2D eigenvalue weighted by molar-refractivity contribution is 0.208. The van der Waals surface area contributed by atoms with Crippen molar-refractivity contribution in [2.45, 2.75) is 18.7 Å². The van der Waals surface area contributed by atoms with Crippen LogP contribution in [0.15, 0.2) is 4.90 Å². The number of aryl methyl sites for hydroxylation is 2. The molecule has 1 fully saturated rings. The zero-order chi connectivity index (χ0) is 15.8. The molecule has 118 valence electrons. The quantitative estimate of drug-likeness (QED) is 0.563. The van der Waals surface area contributed by atoms with Gasteiger partial charge in [0.05, 0.1) is 17.9 Å². The molecule has 1 aromatic heterocycles. The van der Waals surface area contributed by atoms with Gasteiger partial charge in [-0.2, -0.15) is 9.40 Å². The summed E-state index contributed by atoms with van der Waals surface area (Å²) >= 11 is 0. The van der Waals surface area contributed by atoms with Gasteiger partial charge in [0.25, 0.3) is 0 Å². The topological polar surface area (TPSA) is 108 Å². The summed E-state index contributed by atoms with van der Waals surface area (Å²) in [6.45, 7) is 5.84. The van der Waals surface area contributed by atoms with Gasteiger partial charge in [0.1, 0.15) is 10.7 Å². The normalized spacial score (nSPS) is 18.0. The number of nitrogens with two attached hydrogens (primary N) is 1. The molecule has 3 N–H and O–H groups in total. The highest BCUT2D eigenvalue weighted by Gasteiger charge is 2.32. The average Bonchev–Trinajstić information content (AvgIpc) is 2.63. The Morgan fingerprint density at radius 3 is 2.29 bits per heavy atom. The van der Waals surface area contributed by atoms with Crippen LogP contribution in [0.2, 0.25) is 0 Å². The maximum Gasteiger partial charge on any atom is 0.246 e. The Hall–Kier alpha value is -1.45. The largest absolute Gasteiger partial charge is 0.387 e. The van der Waals surface area contributed by atoms with Crippen LogP contribution < -0.4 is 5.73 Å². The second kappa shape index (κ2) is 5.74. The molecule has 1 saturated heterocycles. The van der Waals surface area contributed by atoms with Crippen molar-refractivity contribution in [3.05, 3.63) is 11.4 Å². The molecule has 0 unspecified atom stereocenters. The van der Waals surface area contributed by atoms with Crippen LogP contribution in [0, 0.1) is 19.3 Å². The molecular formula is C12H22N6O2S. The smallest absolute Gasteiger partial charge is 0.246 e. The van der Waals surface area contributed by atoms with Gasteiger partial charge in [0.15, 0.2) is 0 Å². The first kappa shape index (κ1) is 15.9. The van der Waals surface area contributed by atoms with Crippen molar-refractivity contribution < 1.29 is 8.42 Å². The van der Waals surface area contributed by atoms with Gasteiger partial charge in [0, 0.05) is 33.2 Å². The molecule has 9 heteroatoms. The summed E-state index contributed by atoms with van der Waals surface area (Å²) in [5.41, 5.74) is 6.56. The van der Waals surface area contributed by atoms with Gasteiger partial charge in [-0.25, -0.2) is 8.42 Å². The molecule has 1 aromatic rings. The van der Waals surface area contributed by atoms with Gasteiger partial charge in [-0.05, 0) is 13.8 Å². The minimum atomic E-state index is -3.52. The third-order valence-corrected chi connectivity index (χ3v) is 5.92. The number of nitrogens with zero attached hydrogens (tertiary/aromatic N) is 4. The van der Waals surface area contributed by atoms with Crippen LogP contribution in [0.5, 0.6) is 0 Å². The minimum absolute atomic E-state index is 0.102. The molecule has 0 bridgehead atoms. The minimum Gasteiger partial charge on any atom is -0.387 e. The van der Waals surface area contributed by atoms with E-state index in [4.69, 9.17) is 11.1 Å². The SMILES string of the molecule is Cc1nn(C)c(C)c1S(=O)(=O)N1CCN(CC(=N)N)CC1. The molecule has 0 amide bonds. The number of piperazine rings is 1. The Bertz CT molecular complexity index is 643. The van der Waals surface area contributed by atoms with Crippen molar-refractivity contribution in [2.24, 2.45) is 12.8 Å². The zero-order valence-corrected chi connectivity index (χ0v) is 13.4. The Morgan fingerprint density at radius 1 is 1.29 bits per heavy atom. The molecule has 0 aliphatic carbocycles. The fourth-order valence-electron chi connectivity index (χ4n) is 2.63. The second-order valence-electron chi connectivity index (χ2n) is 5.33. The molecule has 1 aliphatic heterocycles. The lowest BCUT2D eigenvalue weighted by Crippen LogP contribution is -2.50. The number of rotatable bonds is 4. The van der Waals surface area contributed by atoms with Crippen LogP contribution in [0.1, 0.15) is 11.4 Å². The molecule has 1 aliphatic rings. The molecule has 0 spiro atoms. The number of hydrogen-bond donors (Lipinski definition) is 2. The predicted octanol–water partition coefficient (Wildman–Crippen LogP) is -0.721. The standard InChI is InChI=1S/C12H22N6O2S/c1-9-12(10(2)16(3)15-9)21(19,20)18-6-4-17(5-7-18)8-11(13)14/h4-8H2,1-3H3,(H3,13,14). The first-order chi connectivity index (χ1) is 9.73. The van der Waals surface area contributed by atoms with Gasteiger partial charge < -0.3 is 5.73 Å². The number of aromatic nitrogens is 2. The van der Waals surface area contributed by atoms with E-state index < -0.39 is 10.0 Å². The molecular weight excluding hydrogens is 292 g/mol. The fraction of sp³-hybridized carbons (Fsp3) is 0.667. The molecule has 2 heterocycles. The van der Waals surface area contributed by atoms with Gasteiger partial charge >= 0.3 is 0 Å². The molecule has 2 rings (SSSR count). The predicted molar refractivity (Wildman–Crippen MR) is 79.8 cm³/mol. The maximum atomic E-state index is 12.8. The average molecular weight is 314 g/mol. The molecule has 8 nitrogen and oxygen atoms in total. The van der Waals surface area contributed by atoms with Crippen LogP contribution in [-0.4, -0.2) is 66.0 Å². The number of hydrogen-bond acceptors (Lipinski definition) is 5. The summed E-state index contributed by atoms with van der Waals surface area (Å²) in [5.74, 6) is 0.102. The van der Waals surface area contributed by atoms with E-state index in [0.29, 0.717) is 49.0 Å². The second-order valence-corrected chi connectivity index (χ2v) is 7.20. The molecule has 21 heavy (non-hydrogen) atoms. The summed E-state index contributed by atoms with van der Waals surface area (Å²) in [6, 6.07) is 0. The summed E-state index contributed by atoms with van der Waals surface area (Å²) in [5, 5.41) is 11.5. The molecule has 0 aromatic carbocycles. The lowest BCUT2D eigenvalue weighted by Gasteiger charge is -2.33. The summed E-state index contributed by atoms with van der Waals surface area (Å²) in [6.07, 6.45) is 0. The Morgan fingerprint density at radius 2 is 1.86 bits per heavy atom. The van der Waals surface area contributed by atoms with Gasteiger partial charge in [-0.15, -0.1) is 0 Å². The van der Waals surface area contributed by atoms with E-state index in [1.165, 1.54) is 4.31 Å². The van der Waals surface area contributed by atoms with Gasteiger partial charge in [-0.3, -0.25) is 15.0 Å². The summed E-state index contributed by atoms with van der Waals surface area (Å²) < 4.78 is 28.6. The highest BCUT2D eigenvalue weighted by molar-refractivity contribution is 7.89. The Kier molecular flexibility index (Phi) is 4.35. The van der Waals surface area contributed by atoms with E-state index in [2.05, 4.69) is 5.10 Å². The van der Waals surface area contributed by atoms with E-state index in [1.807, 2.05) is 4.90 Å². The maximum absolute atomic E-state index is 12.8. The fourth-order valence-corrected chi connectivity index (χ4v) is 4.45. The van der Waals surface area contributed by atoms with Crippen molar-refractivity contribution in [1.29, 1.82) is 5.41 Å². The van der Waals surface area contributed by atoms with Crippen molar-refractivity contribution in [1.82, 2.24) is 19.0 Å². The highest BCUT2D eigenvalue weighted by atomic mass is 32.2. The van der Waals surface area contributed by atoms with Crippen molar-refractivity contribution in [3.63, 3.8) is 0 Å². The summed E-state index contributed by atoms with van der Waals surface area (Å²) in [4.78, 5) is 2.29. The first-order valence-electron chi connectivity index (χ1n) is 6.79. The Labute approximate surface area is 125 Å². The van der Waals surface area contributed by atoms with Gasteiger partial charge in [-0.1, -0.05) is 0 Å². The zero-order valence-electron chi connectivity index (χ0n) is 12.6. The monoisotopic (exact) mass is 314 g/mol.